The quantitative estimate of drug-likeness (QED) is 0.698. The third-order valence-corrected chi connectivity index (χ3v) is 2.56. The molecule has 0 fully saturated rings. The lowest BCUT2D eigenvalue weighted by Gasteiger charge is -2.04. The van der Waals surface area contributed by atoms with E-state index >= 15 is 0 Å². The molecule has 0 saturated carbocycles. The molecule has 0 N–H and O–H groups in total. The summed E-state index contributed by atoms with van der Waals surface area (Å²) in [6.07, 6.45) is 4.42. The van der Waals surface area contributed by atoms with Gasteiger partial charge in [-0.25, -0.2) is 5.11 Å². The van der Waals surface area contributed by atoms with Gasteiger partial charge in [0.05, 0.1) is 6.61 Å². The van der Waals surface area contributed by atoms with E-state index < -0.39 is 0 Å². The maximum Gasteiger partial charge on any atom is 0.0822 e. The minimum atomic E-state index is 0.0186. The standard InChI is InChI=1S/C13H14NO/c15-10-4-3-7-13-12-6-2-1-5-11(12)8-9-14-13/h1-2,5-6,8-9H,3-4,7,10H2. The molecule has 77 valence electrons. The van der Waals surface area contributed by atoms with Gasteiger partial charge in [0.2, 0.25) is 0 Å². The molecule has 1 radical (unpaired) electrons. The number of unbranched alkanes of at least 4 members (excludes halogenated alkanes) is 1. The van der Waals surface area contributed by atoms with Crippen molar-refractivity contribution in [3.8, 4) is 0 Å². The van der Waals surface area contributed by atoms with Gasteiger partial charge in [-0.05, 0) is 30.7 Å². The van der Waals surface area contributed by atoms with Gasteiger partial charge in [-0.15, -0.1) is 0 Å². The van der Waals surface area contributed by atoms with Gasteiger partial charge in [-0.3, -0.25) is 4.98 Å². The highest BCUT2D eigenvalue weighted by Crippen LogP contribution is 2.17. The molecule has 0 aliphatic heterocycles. The van der Waals surface area contributed by atoms with Crippen molar-refractivity contribution in [1.82, 2.24) is 4.98 Å². The Balaban J connectivity index is 2.26. The van der Waals surface area contributed by atoms with Crippen molar-refractivity contribution in [3.63, 3.8) is 0 Å². The maximum absolute atomic E-state index is 10.4. The first kappa shape index (κ1) is 10.1. The lowest BCUT2D eigenvalue weighted by atomic mass is 10.1. The van der Waals surface area contributed by atoms with Crippen molar-refractivity contribution in [3.05, 3.63) is 42.2 Å². The Bertz CT molecular complexity index is 434. The Labute approximate surface area is 89.6 Å². The first-order valence-corrected chi connectivity index (χ1v) is 5.32. The Kier molecular flexibility index (Phi) is 3.30. The summed E-state index contributed by atoms with van der Waals surface area (Å²) < 4.78 is 0. The van der Waals surface area contributed by atoms with E-state index in [1.165, 1.54) is 10.8 Å². The van der Waals surface area contributed by atoms with Crippen molar-refractivity contribution in [2.45, 2.75) is 19.3 Å². The van der Waals surface area contributed by atoms with E-state index in [1.807, 2.05) is 24.4 Å². The molecule has 1 heterocycles. The minimum Gasteiger partial charge on any atom is -0.261 e. The van der Waals surface area contributed by atoms with E-state index in [4.69, 9.17) is 0 Å². The number of benzene rings is 1. The summed E-state index contributed by atoms with van der Waals surface area (Å²) in [5.41, 5.74) is 1.11. The number of fused-ring (bicyclic) bond motifs is 1. The Morgan fingerprint density at radius 1 is 1.07 bits per heavy atom. The highest BCUT2D eigenvalue weighted by atomic mass is 16.2. The molecule has 2 rings (SSSR count). The van der Waals surface area contributed by atoms with Crippen LogP contribution in [-0.4, -0.2) is 11.6 Å². The van der Waals surface area contributed by atoms with Crippen LogP contribution in [0.3, 0.4) is 0 Å². The molecule has 2 aromatic rings. The number of rotatable bonds is 4. The molecular formula is C13H14NO. The van der Waals surface area contributed by atoms with Crippen LogP contribution in [-0.2, 0) is 11.5 Å². The van der Waals surface area contributed by atoms with Crippen molar-refractivity contribution in [2.24, 2.45) is 0 Å². The molecule has 0 spiro atoms. The second kappa shape index (κ2) is 4.89. The van der Waals surface area contributed by atoms with Crippen LogP contribution in [0.25, 0.3) is 10.8 Å². The summed E-state index contributed by atoms with van der Waals surface area (Å²) in [7, 11) is 0. The highest BCUT2D eigenvalue weighted by Gasteiger charge is 2.00. The highest BCUT2D eigenvalue weighted by molar-refractivity contribution is 5.84. The van der Waals surface area contributed by atoms with Crippen molar-refractivity contribution in [2.75, 3.05) is 6.61 Å². The van der Waals surface area contributed by atoms with Crippen LogP contribution in [0.5, 0.6) is 0 Å². The predicted octanol–water partition coefficient (Wildman–Crippen LogP) is 2.99. The van der Waals surface area contributed by atoms with Gasteiger partial charge in [-0.2, -0.15) is 0 Å². The molecule has 0 amide bonds. The fourth-order valence-electron chi connectivity index (χ4n) is 1.78. The van der Waals surface area contributed by atoms with Gasteiger partial charge in [0, 0.05) is 17.3 Å². The fraction of sp³-hybridized carbons (Fsp3) is 0.308. The molecule has 2 heteroatoms. The smallest absolute Gasteiger partial charge is 0.0822 e. The van der Waals surface area contributed by atoms with E-state index in [9.17, 15) is 5.11 Å². The number of hydrogen-bond acceptors (Lipinski definition) is 1. The van der Waals surface area contributed by atoms with Crippen LogP contribution in [0.1, 0.15) is 18.5 Å². The SMILES string of the molecule is [O]CCCCc1nccc2ccccc12. The van der Waals surface area contributed by atoms with E-state index in [-0.39, 0.29) is 6.61 Å². The lowest BCUT2D eigenvalue weighted by molar-refractivity contribution is 0.187. The van der Waals surface area contributed by atoms with Crippen LogP contribution in [0.4, 0.5) is 0 Å². The number of nitrogens with zero attached hydrogens (tertiary/aromatic N) is 1. The molecule has 2 nitrogen and oxygen atoms in total. The van der Waals surface area contributed by atoms with Gasteiger partial charge in [0.25, 0.3) is 0 Å². The van der Waals surface area contributed by atoms with Crippen LogP contribution >= 0.6 is 0 Å². The largest absolute Gasteiger partial charge is 0.261 e. The zero-order valence-corrected chi connectivity index (χ0v) is 8.65. The van der Waals surface area contributed by atoms with Gasteiger partial charge in [0.15, 0.2) is 0 Å². The molecule has 0 aliphatic rings. The summed E-state index contributed by atoms with van der Waals surface area (Å²) >= 11 is 0. The summed E-state index contributed by atoms with van der Waals surface area (Å²) in [5.74, 6) is 0. The molecule has 0 atom stereocenters. The van der Waals surface area contributed by atoms with Crippen LogP contribution in [0.15, 0.2) is 36.5 Å². The van der Waals surface area contributed by atoms with Crippen LogP contribution in [0, 0.1) is 0 Å². The topological polar surface area (TPSA) is 32.8 Å². The summed E-state index contributed by atoms with van der Waals surface area (Å²) in [5, 5.41) is 12.8. The third kappa shape index (κ3) is 2.34. The van der Waals surface area contributed by atoms with E-state index in [1.54, 1.807) is 0 Å². The molecule has 0 saturated heterocycles. The first-order chi connectivity index (χ1) is 7.42. The number of pyridine rings is 1. The summed E-state index contributed by atoms with van der Waals surface area (Å²) in [6.45, 7) is 0.0186. The normalized spacial score (nSPS) is 10.7. The molecule has 15 heavy (non-hydrogen) atoms. The minimum absolute atomic E-state index is 0.0186. The summed E-state index contributed by atoms with van der Waals surface area (Å²) in [6, 6.07) is 10.3. The van der Waals surface area contributed by atoms with Gasteiger partial charge >= 0.3 is 0 Å². The van der Waals surface area contributed by atoms with Gasteiger partial charge in [0.1, 0.15) is 0 Å². The predicted molar refractivity (Wildman–Crippen MR) is 60.2 cm³/mol. The van der Waals surface area contributed by atoms with Crippen LogP contribution < -0.4 is 0 Å². The Hall–Kier alpha value is -1.41. The van der Waals surface area contributed by atoms with Gasteiger partial charge < -0.3 is 0 Å². The molecule has 0 unspecified atom stereocenters. The monoisotopic (exact) mass is 200 g/mol. The first-order valence-electron chi connectivity index (χ1n) is 5.32. The average molecular weight is 200 g/mol. The molecule has 1 aromatic carbocycles. The number of aryl methyl sites for hydroxylation is 1. The van der Waals surface area contributed by atoms with Crippen LogP contribution in [0.2, 0.25) is 0 Å². The second-order valence-corrected chi connectivity index (χ2v) is 3.64. The molecule has 1 aromatic heterocycles. The maximum atomic E-state index is 10.4. The zero-order chi connectivity index (χ0) is 10.5. The average Bonchev–Trinajstić information content (AvgIpc) is 2.30. The van der Waals surface area contributed by atoms with Crippen molar-refractivity contribution in [1.29, 1.82) is 0 Å². The second-order valence-electron chi connectivity index (χ2n) is 3.64. The van der Waals surface area contributed by atoms with E-state index in [0.717, 1.165) is 25.0 Å². The lowest BCUT2D eigenvalue weighted by Crippen LogP contribution is -1.92. The Morgan fingerprint density at radius 2 is 1.93 bits per heavy atom. The number of aromatic nitrogens is 1. The van der Waals surface area contributed by atoms with E-state index in [2.05, 4.69) is 17.1 Å². The molecular weight excluding hydrogens is 186 g/mol. The van der Waals surface area contributed by atoms with Crippen molar-refractivity contribution < 1.29 is 5.11 Å². The number of hydrogen-bond donors (Lipinski definition) is 0. The Morgan fingerprint density at radius 3 is 2.80 bits per heavy atom. The molecule has 0 aliphatic carbocycles. The van der Waals surface area contributed by atoms with E-state index in [0.29, 0.717) is 0 Å². The molecule has 0 bridgehead atoms. The summed E-state index contributed by atoms with van der Waals surface area (Å²) in [4.78, 5) is 4.38. The van der Waals surface area contributed by atoms with Gasteiger partial charge in [-0.1, -0.05) is 24.3 Å². The van der Waals surface area contributed by atoms with Crippen molar-refractivity contribution >= 4 is 10.8 Å². The third-order valence-electron chi connectivity index (χ3n) is 2.56. The fourth-order valence-corrected chi connectivity index (χ4v) is 1.78. The zero-order valence-electron chi connectivity index (χ0n) is 8.65.